The highest BCUT2D eigenvalue weighted by atomic mass is 16.6. The molecule has 0 aliphatic carbocycles. The predicted octanol–water partition coefficient (Wildman–Crippen LogP) is 2.61. The zero-order valence-corrected chi connectivity index (χ0v) is 12.4. The quantitative estimate of drug-likeness (QED) is 0.680. The van der Waals surface area contributed by atoms with Gasteiger partial charge < -0.3 is 10.2 Å². The number of nitro benzene ring substituents is 1. The molecule has 1 aromatic carbocycles. The average molecular weight is 288 g/mol. The topological polar surface area (TPSA) is 82.2 Å². The molecule has 0 amide bonds. The van der Waals surface area contributed by atoms with Crippen LogP contribution in [0.15, 0.2) is 18.2 Å². The van der Waals surface area contributed by atoms with Gasteiger partial charge in [-0.1, -0.05) is 6.92 Å². The molecule has 1 saturated heterocycles. The van der Waals surface area contributed by atoms with Crippen LogP contribution in [-0.2, 0) is 0 Å². The Hall–Kier alpha value is -2.13. The maximum atomic E-state index is 11.1. The second-order valence-electron chi connectivity index (χ2n) is 6.07. The van der Waals surface area contributed by atoms with Crippen LogP contribution in [0.2, 0.25) is 0 Å². The van der Waals surface area contributed by atoms with Crippen LogP contribution in [0.3, 0.4) is 0 Å². The Morgan fingerprint density at radius 1 is 1.48 bits per heavy atom. The van der Waals surface area contributed by atoms with Crippen LogP contribution in [0.25, 0.3) is 0 Å². The molecule has 2 rings (SSSR count). The van der Waals surface area contributed by atoms with E-state index in [1.807, 2.05) is 6.07 Å². The summed E-state index contributed by atoms with van der Waals surface area (Å²) < 4.78 is 0. The molecular weight excluding hydrogens is 268 g/mol. The van der Waals surface area contributed by atoms with E-state index in [9.17, 15) is 10.1 Å². The molecule has 0 atom stereocenters. The van der Waals surface area contributed by atoms with E-state index < -0.39 is 4.92 Å². The molecule has 0 unspecified atom stereocenters. The van der Waals surface area contributed by atoms with Crippen molar-refractivity contribution in [2.24, 2.45) is 5.41 Å². The summed E-state index contributed by atoms with van der Waals surface area (Å²) in [6.45, 7) is 5.01. The lowest BCUT2D eigenvalue weighted by molar-refractivity contribution is -0.384. The van der Waals surface area contributed by atoms with Crippen molar-refractivity contribution in [1.82, 2.24) is 4.90 Å². The summed E-state index contributed by atoms with van der Waals surface area (Å²) >= 11 is 0. The van der Waals surface area contributed by atoms with Gasteiger partial charge in [0.1, 0.15) is 5.69 Å². The van der Waals surface area contributed by atoms with E-state index in [0.717, 1.165) is 25.9 Å². The summed E-state index contributed by atoms with van der Waals surface area (Å²) in [7, 11) is 2.11. The van der Waals surface area contributed by atoms with Crippen LogP contribution in [0, 0.1) is 26.9 Å². The number of hydrogen-bond donors (Lipinski definition) is 1. The summed E-state index contributed by atoms with van der Waals surface area (Å²) in [6, 6.07) is 6.47. The summed E-state index contributed by atoms with van der Waals surface area (Å²) in [5.74, 6) is 0. The Bertz CT molecular complexity index is 572. The predicted molar refractivity (Wildman–Crippen MR) is 81.1 cm³/mol. The summed E-state index contributed by atoms with van der Waals surface area (Å²) in [4.78, 5) is 13.0. The van der Waals surface area contributed by atoms with Gasteiger partial charge >= 0.3 is 0 Å². The van der Waals surface area contributed by atoms with Crippen molar-refractivity contribution in [3.05, 3.63) is 33.9 Å². The van der Waals surface area contributed by atoms with Crippen molar-refractivity contribution in [2.45, 2.75) is 19.8 Å². The first kappa shape index (κ1) is 15.3. The number of likely N-dealkylation sites (tertiary alicyclic amines) is 1. The summed E-state index contributed by atoms with van der Waals surface area (Å²) in [6.07, 6.45) is 2.14. The van der Waals surface area contributed by atoms with Crippen molar-refractivity contribution in [3.8, 4) is 6.07 Å². The van der Waals surface area contributed by atoms with E-state index >= 15 is 0 Å². The smallest absolute Gasteiger partial charge is 0.293 e. The van der Waals surface area contributed by atoms with Crippen molar-refractivity contribution >= 4 is 11.4 Å². The van der Waals surface area contributed by atoms with Gasteiger partial charge in [-0.3, -0.25) is 10.1 Å². The molecule has 1 aliphatic rings. The molecule has 1 aromatic rings. The fraction of sp³-hybridized carbons (Fsp3) is 0.533. The number of nitriles is 1. The Morgan fingerprint density at radius 3 is 2.71 bits per heavy atom. The van der Waals surface area contributed by atoms with Crippen molar-refractivity contribution in [2.75, 3.05) is 32.0 Å². The maximum Gasteiger partial charge on any atom is 0.293 e. The maximum absolute atomic E-state index is 11.1. The number of nitro groups is 1. The van der Waals surface area contributed by atoms with Gasteiger partial charge in [0.25, 0.3) is 5.69 Å². The lowest BCUT2D eigenvalue weighted by Gasteiger charge is -2.38. The number of nitrogens with one attached hydrogen (secondary N) is 1. The van der Waals surface area contributed by atoms with E-state index in [1.165, 1.54) is 6.07 Å². The zero-order chi connectivity index (χ0) is 15.5. The molecular formula is C15H20N4O2. The Labute approximate surface area is 124 Å². The molecule has 6 heteroatoms. The molecule has 21 heavy (non-hydrogen) atoms. The minimum atomic E-state index is -0.444. The third kappa shape index (κ3) is 3.70. The fourth-order valence-electron chi connectivity index (χ4n) is 2.55. The first-order chi connectivity index (χ1) is 9.93. The van der Waals surface area contributed by atoms with Gasteiger partial charge in [0, 0.05) is 12.6 Å². The fourth-order valence-corrected chi connectivity index (χ4v) is 2.55. The normalized spacial score (nSPS) is 18.0. The molecule has 0 saturated carbocycles. The van der Waals surface area contributed by atoms with Gasteiger partial charge in [0.15, 0.2) is 0 Å². The second-order valence-corrected chi connectivity index (χ2v) is 6.07. The van der Waals surface area contributed by atoms with Crippen LogP contribution in [0.1, 0.15) is 25.3 Å². The molecule has 1 fully saturated rings. The van der Waals surface area contributed by atoms with E-state index in [1.54, 1.807) is 12.1 Å². The molecule has 1 N–H and O–H groups in total. The summed E-state index contributed by atoms with van der Waals surface area (Å²) in [5, 5.41) is 23.2. The zero-order valence-electron chi connectivity index (χ0n) is 12.4. The lowest BCUT2D eigenvalue weighted by Crippen LogP contribution is -2.40. The number of rotatable bonds is 4. The largest absolute Gasteiger partial charge is 0.379 e. The average Bonchev–Trinajstić information content (AvgIpc) is 2.48. The Balaban J connectivity index is 2.09. The number of hydrogen-bond acceptors (Lipinski definition) is 5. The molecule has 6 nitrogen and oxygen atoms in total. The minimum absolute atomic E-state index is 0.0365. The van der Waals surface area contributed by atoms with E-state index in [-0.39, 0.29) is 11.1 Å². The third-order valence-corrected chi connectivity index (χ3v) is 4.22. The second kappa shape index (κ2) is 6.10. The highest BCUT2D eigenvalue weighted by Gasteiger charge is 2.29. The first-order valence-electron chi connectivity index (χ1n) is 7.04. The van der Waals surface area contributed by atoms with Crippen molar-refractivity contribution < 1.29 is 4.92 Å². The van der Waals surface area contributed by atoms with Crippen LogP contribution in [0.5, 0.6) is 0 Å². The standard InChI is InChI=1S/C15H20N4O2/c1-15(5-7-18(2)8-6-15)11-17-13-4-3-12(10-16)9-14(13)19(20)21/h3-4,9,17H,5-8,11H2,1-2H3. The molecule has 0 bridgehead atoms. The van der Waals surface area contributed by atoms with Gasteiger partial charge in [0.2, 0.25) is 0 Å². The Morgan fingerprint density at radius 2 is 2.14 bits per heavy atom. The first-order valence-corrected chi connectivity index (χ1v) is 7.04. The third-order valence-electron chi connectivity index (χ3n) is 4.22. The van der Waals surface area contributed by atoms with Crippen LogP contribution >= 0.6 is 0 Å². The number of benzene rings is 1. The van der Waals surface area contributed by atoms with E-state index in [4.69, 9.17) is 5.26 Å². The molecule has 0 spiro atoms. The van der Waals surface area contributed by atoms with E-state index in [0.29, 0.717) is 17.8 Å². The monoisotopic (exact) mass is 288 g/mol. The van der Waals surface area contributed by atoms with Gasteiger partial charge in [-0.15, -0.1) is 0 Å². The Kier molecular flexibility index (Phi) is 4.43. The highest BCUT2D eigenvalue weighted by molar-refractivity contribution is 5.64. The number of nitrogens with zero attached hydrogens (tertiary/aromatic N) is 3. The molecule has 1 aliphatic heterocycles. The molecule has 1 heterocycles. The van der Waals surface area contributed by atoms with E-state index in [2.05, 4.69) is 24.2 Å². The van der Waals surface area contributed by atoms with Crippen molar-refractivity contribution in [3.63, 3.8) is 0 Å². The van der Waals surface area contributed by atoms with Crippen molar-refractivity contribution in [1.29, 1.82) is 5.26 Å². The van der Waals surface area contributed by atoms with Crippen LogP contribution in [0.4, 0.5) is 11.4 Å². The lowest BCUT2D eigenvalue weighted by atomic mass is 9.80. The van der Waals surface area contributed by atoms with Gasteiger partial charge in [-0.2, -0.15) is 5.26 Å². The number of anilines is 1. The molecule has 112 valence electrons. The molecule has 0 radical (unpaired) electrons. The summed E-state index contributed by atoms with van der Waals surface area (Å²) in [5.41, 5.74) is 0.899. The molecule has 0 aromatic heterocycles. The van der Waals surface area contributed by atoms with Gasteiger partial charge in [-0.05, 0) is 50.5 Å². The number of piperidine rings is 1. The SMILES string of the molecule is CN1CCC(C)(CNc2ccc(C#N)cc2[N+](=O)[O-])CC1. The van der Waals surface area contributed by atoms with Gasteiger partial charge in [-0.25, -0.2) is 0 Å². The van der Waals surface area contributed by atoms with Crippen LogP contribution < -0.4 is 5.32 Å². The highest BCUT2D eigenvalue weighted by Crippen LogP contribution is 2.32. The van der Waals surface area contributed by atoms with Crippen LogP contribution in [-0.4, -0.2) is 36.5 Å². The van der Waals surface area contributed by atoms with Gasteiger partial charge in [0.05, 0.1) is 16.6 Å². The minimum Gasteiger partial charge on any atom is -0.379 e.